The highest BCUT2D eigenvalue weighted by Crippen LogP contribution is 1.90. The maximum atomic E-state index is 9.74. The topological polar surface area (TPSA) is 127 Å². The third-order valence-corrected chi connectivity index (χ3v) is 0.965. The second-order valence-corrected chi connectivity index (χ2v) is 1.75. The van der Waals surface area contributed by atoms with Gasteiger partial charge in [-0.3, -0.25) is 4.55 Å². The van der Waals surface area contributed by atoms with Crippen molar-refractivity contribution < 1.29 is 18.8 Å². The fourth-order valence-corrected chi connectivity index (χ4v) is 0.402. The van der Waals surface area contributed by atoms with Crippen LogP contribution in [-0.4, -0.2) is 23.3 Å². The van der Waals surface area contributed by atoms with Gasteiger partial charge in [-0.25, -0.2) is 20.2 Å². The molecule has 58 valence electrons. The Morgan fingerprint density at radius 1 is 1.30 bits per heavy atom. The number of nitrogens with zero attached hydrogens (tertiary/aromatic N) is 3. The van der Waals surface area contributed by atoms with Crippen LogP contribution in [0.25, 0.3) is 0 Å². The number of hydrogen-bond acceptors (Lipinski definition) is 5. The Morgan fingerprint density at radius 3 is 1.60 bits per heavy atom. The molecule has 0 radical (unpaired) electrons. The molecule has 0 saturated carbocycles. The number of nitro groups is 2. The van der Waals surface area contributed by atoms with E-state index in [0.717, 1.165) is 0 Å². The van der Waals surface area contributed by atoms with Crippen LogP contribution < -0.4 is 0 Å². The van der Waals surface area contributed by atoms with Gasteiger partial charge in [0, 0.05) is 0 Å². The molecule has 0 bridgehead atoms. The average molecular weight is 171 g/mol. The van der Waals surface area contributed by atoms with Crippen molar-refractivity contribution in [1.82, 2.24) is 4.52 Å². The summed E-state index contributed by atoms with van der Waals surface area (Å²) >= 11 is -3.23. The minimum atomic E-state index is -3.23. The summed E-state index contributed by atoms with van der Waals surface area (Å²) in [6, 6.07) is 0. The highest BCUT2D eigenvalue weighted by Gasteiger charge is 2.34. The van der Waals surface area contributed by atoms with Gasteiger partial charge in [-0.15, -0.1) is 0 Å². The third-order valence-electron chi connectivity index (χ3n) is 0.419. The van der Waals surface area contributed by atoms with Crippen molar-refractivity contribution in [1.29, 1.82) is 0 Å². The lowest BCUT2D eigenvalue weighted by Crippen LogP contribution is -2.36. The maximum Gasteiger partial charge on any atom is 0.391 e. The molecular formula is HN3O6S. The van der Waals surface area contributed by atoms with Crippen molar-refractivity contribution >= 4 is 11.3 Å². The van der Waals surface area contributed by atoms with Crippen molar-refractivity contribution in [2.45, 2.75) is 0 Å². The van der Waals surface area contributed by atoms with Gasteiger partial charge in [-0.2, -0.15) is 4.21 Å². The molecule has 10 heavy (non-hydrogen) atoms. The molecule has 10 heteroatoms. The van der Waals surface area contributed by atoms with E-state index in [0.29, 0.717) is 0 Å². The summed E-state index contributed by atoms with van der Waals surface area (Å²) in [7, 11) is 0. The van der Waals surface area contributed by atoms with Crippen molar-refractivity contribution in [3.05, 3.63) is 20.2 Å². The molecule has 0 aliphatic rings. The lowest BCUT2D eigenvalue weighted by Gasteiger charge is -1.94. The van der Waals surface area contributed by atoms with E-state index >= 15 is 0 Å². The molecule has 0 spiro atoms. The number of rotatable bonds is 3. The van der Waals surface area contributed by atoms with Crippen LogP contribution in [0, 0.1) is 20.2 Å². The van der Waals surface area contributed by atoms with Crippen LogP contribution in [0.3, 0.4) is 0 Å². The first-order chi connectivity index (χ1) is 4.46. The van der Waals surface area contributed by atoms with Crippen LogP contribution in [0.4, 0.5) is 0 Å². The Kier molecular flexibility index (Phi) is 2.64. The minimum absolute atomic E-state index is 1.03. The van der Waals surface area contributed by atoms with E-state index in [-0.39, 0.29) is 0 Å². The SMILES string of the molecule is O=[N+]([O-])N([N+](=O)[O-])S(=O)O. The van der Waals surface area contributed by atoms with Crippen LogP contribution in [0.5, 0.6) is 0 Å². The first kappa shape index (κ1) is 8.71. The van der Waals surface area contributed by atoms with Crippen LogP contribution in [0.1, 0.15) is 0 Å². The number of hydrogen-bond donors (Lipinski definition) is 1. The summed E-state index contributed by atoms with van der Waals surface area (Å²) in [6.07, 6.45) is 0. The molecule has 1 unspecified atom stereocenters. The Bertz CT molecular complexity index is 152. The van der Waals surface area contributed by atoms with Gasteiger partial charge in [0.05, 0.1) is 0 Å². The van der Waals surface area contributed by atoms with Gasteiger partial charge in [0.25, 0.3) is 4.52 Å². The molecule has 0 fully saturated rings. The molecule has 0 rings (SSSR count). The molecule has 0 aliphatic carbocycles. The van der Waals surface area contributed by atoms with E-state index in [4.69, 9.17) is 4.55 Å². The molecule has 0 amide bonds. The van der Waals surface area contributed by atoms with E-state index in [1.165, 1.54) is 0 Å². The van der Waals surface area contributed by atoms with Crippen LogP contribution in [0.15, 0.2) is 0 Å². The summed E-state index contributed by atoms with van der Waals surface area (Å²) in [5.41, 5.74) is 0. The molecule has 0 heterocycles. The van der Waals surface area contributed by atoms with E-state index in [9.17, 15) is 24.4 Å². The fraction of sp³-hybridized carbons (Fsp3) is 0. The van der Waals surface area contributed by atoms with Gasteiger partial charge in [-0.05, 0) is 0 Å². The van der Waals surface area contributed by atoms with Gasteiger partial charge in [0.2, 0.25) is 10.1 Å². The molecule has 0 aliphatic heterocycles. The minimum Gasteiger partial charge on any atom is -0.281 e. The molecule has 1 atom stereocenters. The van der Waals surface area contributed by atoms with Gasteiger partial charge in [0.15, 0.2) is 0 Å². The molecule has 1 N–H and O–H groups in total. The van der Waals surface area contributed by atoms with Gasteiger partial charge < -0.3 is 0 Å². The average Bonchev–Trinajstić information content (AvgIpc) is 1.59. The molecule has 0 aromatic heterocycles. The Hall–Kier alpha value is -1.29. The van der Waals surface area contributed by atoms with Gasteiger partial charge >= 0.3 is 11.3 Å². The monoisotopic (exact) mass is 171 g/mol. The van der Waals surface area contributed by atoms with Crippen molar-refractivity contribution in [3.8, 4) is 0 Å². The summed E-state index contributed by atoms with van der Waals surface area (Å²) in [5, 5.41) is 15.8. The predicted octanol–water partition coefficient (Wildman–Crippen LogP) is -1.19. The fourth-order valence-electron chi connectivity index (χ4n) is 0.174. The Morgan fingerprint density at radius 2 is 1.60 bits per heavy atom. The smallest absolute Gasteiger partial charge is 0.281 e. The normalized spacial score (nSPS) is 12.1. The van der Waals surface area contributed by atoms with E-state index in [1.807, 2.05) is 0 Å². The standard InChI is InChI=1S/HN3O6S/c4-2(5)1(3(6)7)10(8)9/h(H,8,9). The lowest BCUT2D eigenvalue weighted by atomic mass is 12.4. The summed E-state index contributed by atoms with van der Waals surface area (Å²) in [5.74, 6) is 0. The molecule has 0 aromatic carbocycles. The zero-order valence-corrected chi connectivity index (χ0v) is 5.05. The molecular weight excluding hydrogens is 170 g/mol. The Balaban J connectivity index is 4.43. The van der Waals surface area contributed by atoms with Crippen LogP contribution in [-0.2, 0) is 11.3 Å². The van der Waals surface area contributed by atoms with E-state index in [1.54, 1.807) is 0 Å². The largest absolute Gasteiger partial charge is 0.391 e. The second kappa shape index (κ2) is 3.03. The summed E-state index contributed by atoms with van der Waals surface area (Å²) in [6.45, 7) is 0. The first-order valence-electron chi connectivity index (χ1n) is 1.66. The highest BCUT2D eigenvalue weighted by molar-refractivity contribution is 7.76. The van der Waals surface area contributed by atoms with Crippen LogP contribution in [0.2, 0.25) is 0 Å². The maximum absolute atomic E-state index is 9.74. The highest BCUT2D eigenvalue weighted by atomic mass is 32.2. The summed E-state index contributed by atoms with van der Waals surface area (Å²) < 4.78 is 16.6. The lowest BCUT2D eigenvalue weighted by molar-refractivity contribution is -0.870. The quantitative estimate of drug-likeness (QED) is 0.323. The van der Waals surface area contributed by atoms with Gasteiger partial charge in [-0.1, -0.05) is 0 Å². The van der Waals surface area contributed by atoms with Crippen molar-refractivity contribution in [2.75, 3.05) is 0 Å². The zero-order chi connectivity index (χ0) is 8.31. The van der Waals surface area contributed by atoms with E-state index in [2.05, 4.69) is 0 Å². The van der Waals surface area contributed by atoms with Gasteiger partial charge in [0.1, 0.15) is 0 Å². The molecule has 0 saturated heterocycles. The molecule has 0 aromatic rings. The van der Waals surface area contributed by atoms with Crippen molar-refractivity contribution in [2.24, 2.45) is 0 Å². The summed E-state index contributed by atoms with van der Waals surface area (Å²) in [4.78, 5) is 19.0. The zero-order valence-electron chi connectivity index (χ0n) is 4.24. The van der Waals surface area contributed by atoms with Crippen LogP contribution >= 0.6 is 0 Å². The second-order valence-electron chi connectivity index (χ2n) is 0.959. The predicted molar refractivity (Wildman–Crippen MR) is 26.6 cm³/mol. The molecule has 9 nitrogen and oxygen atoms in total. The Labute approximate surface area is 55.9 Å². The van der Waals surface area contributed by atoms with E-state index < -0.39 is 25.9 Å². The third kappa shape index (κ3) is 1.91. The number of hydrazine groups is 2. The van der Waals surface area contributed by atoms with Crippen molar-refractivity contribution in [3.63, 3.8) is 0 Å². The first-order valence-corrected chi connectivity index (χ1v) is 2.73.